The van der Waals surface area contributed by atoms with Crippen LogP contribution in [0.4, 0.5) is 22.7 Å². The van der Waals surface area contributed by atoms with Gasteiger partial charge in [0.2, 0.25) is 0 Å². The summed E-state index contributed by atoms with van der Waals surface area (Å²) in [6.07, 6.45) is 0. The molecule has 4 aromatic heterocycles. The van der Waals surface area contributed by atoms with Crippen LogP contribution in [0.15, 0.2) is 437 Å². The first-order chi connectivity index (χ1) is 55.5. The Kier molecular flexibility index (Phi) is 19.1. The molecule has 0 amide bonds. The first-order valence-corrected chi connectivity index (χ1v) is 37.6. The van der Waals surface area contributed by atoms with Crippen LogP contribution in [0.5, 0.6) is 0 Å². The van der Waals surface area contributed by atoms with E-state index in [1.807, 2.05) is 59.3 Å². The molecule has 0 aliphatic heterocycles. The second kappa shape index (κ2) is 31.3. The van der Waals surface area contributed by atoms with E-state index in [1.54, 1.807) is 0 Å². The van der Waals surface area contributed by atoms with E-state index in [9.17, 15) is 0 Å². The molecule has 0 atom stereocenters. The number of rotatable bonds is 18. The highest BCUT2D eigenvalue weighted by molar-refractivity contribution is 5.96. The SMILES string of the molecule is Nc1ccc(-n2nc(-c3ccccc3)c(-c3ccccc3)c2-c2ccccc2)cc1.c1ccc(-c2cc(-c3ccccc3)n(-c3ccc(N(c4ccc(-n5nc(-c6ccccc6)c(-c6ccccc6)c5-c5ccccc5)cc4)c4ccc(-n5nc(-c6ccccc6)c(-c6ccccc6)c5-c5ccccc5)cc4)cc3)n2)cc1. The second-order valence-corrected chi connectivity index (χ2v) is 27.3. The van der Waals surface area contributed by atoms with Crippen LogP contribution in [0.25, 0.3) is 146 Å². The molecule has 15 aromatic carbocycles. The summed E-state index contributed by atoms with van der Waals surface area (Å²) in [6, 6.07) is 152. The number of nitrogen functional groups attached to an aromatic ring is 1. The van der Waals surface area contributed by atoms with E-state index in [0.717, 1.165) is 169 Å². The molecule has 532 valence electrons. The van der Waals surface area contributed by atoms with E-state index in [-0.39, 0.29) is 0 Å². The molecular weight excluding hydrogens is 1370 g/mol. The van der Waals surface area contributed by atoms with Crippen LogP contribution in [-0.2, 0) is 0 Å². The van der Waals surface area contributed by atoms with Gasteiger partial charge in [-0.05, 0) is 120 Å². The Hall–Kier alpha value is -15.3. The summed E-state index contributed by atoms with van der Waals surface area (Å²) in [7, 11) is 0. The van der Waals surface area contributed by atoms with Gasteiger partial charge < -0.3 is 10.6 Å². The van der Waals surface area contributed by atoms with E-state index in [0.29, 0.717) is 0 Å². The van der Waals surface area contributed by atoms with Crippen LogP contribution in [0, 0.1) is 0 Å². The highest BCUT2D eigenvalue weighted by Crippen LogP contribution is 2.47. The first kappa shape index (κ1) is 68.5. The maximum Gasteiger partial charge on any atom is 0.101 e. The Labute approximate surface area is 651 Å². The fourth-order valence-corrected chi connectivity index (χ4v) is 14.9. The van der Waals surface area contributed by atoms with Crippen molar-refractivity contribution in [2.45, 2.75) is 0 Å². The van der Waals surface area contributed by atoms with E-state index in [4.69, 9.17) is 26.1 Å². The monoisotopic (exact) mass is 1440 g/mol. The second-order valence-electron chi connectivity index (χ2n) is 27.3. The number of nitrogens with zero attached hydrogens (tertiary/aromatic N) is 9. The van der Waals surface area contributed by atoms with Crippen LogP contribution in [-0.4, -0.2) is 39.1 Å². The summed E-state index contributed by atoms with van der Waals surface area (Å²) in [4.78, 5) is 2.31. The minimum atomic E-state index is 0.735. The molecule has 19 aromatic rings. The zero-order valence-corrected chi connectivity index (χ0v) is 61.2. The van der Waals surface area contributed by atoms with Crippen LogP contribution in [0.3, 0.4) is 0 Å². The van der Waals surface area contributed by atoms with Gasteiger partial charge in [0, 0.05) is 83.9 Å². The smallest absolute Gasteiger partial charge is 0.101 e. The number of hydrogen-bond donors (Lipinski definition) is 1. The van der Waals surface area contributed by atoms with Crippen LogP contribution in [0.2, 0.25) is 0 Å². The lowest BCUT2D eigenvalue weighted by Gasteiger charge is -2.26. The normalized spacial score (nSPS) is 11.1. The molecule has 0 spiro atoms. The van der Waals surface area contributed by atoms with Gasteiger partial charge in [0.25, 0.3) is 0 Å². The standard InChI is InChI=1S/C75H53N7.C27H21N3/c1-9-25-54(26-10-1)68-53-69(55-27-11-2-12-28-55)80(76-68)65-47-41-62(42-48-65)79(63-43-49-66(50-44-63)81-74(60-37-21-7-22-38-60)70(56-29-13-3-14-30-56)72(77-81)58-33-17-5-18-34-58)64-45-51-67(52-46-64)82-75(61-39-23-8-24-40-61)71(57-31-15-4-16-32-57)73(78-82)59-35-19-6-20-36-59;28-23-16-18-24(19-17-23)30-27(22-14-8-3-9-15-22)25(20-10-4-1-5-11-20)26(29-30)21-12-6-2-7-13-21/h1-53H;1-19H,28H2. The molecule has 2 N–H and O–H groups in total. The Morgan fingerprint density at radius 3 is 0.696 bits per heavy atom. The Morgan fingerprint density at radius 2 is 0.420 bits per heavy atom. The van der Waals surface area contributed by atoms with Gasteiger partial charge in [0.05, 0.1) is 51.2 Å². The predicted octanol–water partition coefficient (Wildman–Crippen LogP) is 25.5. The summed E-state index contributed by atoms with van der Waals surface area (Å²) in [5, 5.41) is 21.3. The summed E-state index contributed by atoms with van der Waals surface area (Å²) in [6.45, 7) is 0. The van der Waals surface area contributed by atoms with E-state index in [1.165, 1.54) is 0 Å². The minimum absolute atomic E-state index is 0.735. The number of nitrogens with two attached hydrogens (primary N) is 1. The molecule has 112 heavy (non-hydrogen) atoms. The van der Waals surface area contributed by atoms with Crippen molar-refractivity contribution in [1.82, 2.24) is 39.1 Å². The van der Waals surface area contributed by atoms with Gasteiger partial charge in [-0.25, -0.2) is 18.7 Å². The maximum atomic E-state index is 5.94. The van der Waals surface area contributed by atoms with Gasteiger partial charge in [-0.3, -0.25) is 0 Å². The number of benzene rings is 15. The Morgan fingerprint density at radius 1 is 0.196 bits per heavy atom. The molecule has 0 aliphatic carbocycles. The predicted molar refractivity (Wildman–Crippen MR) is 460 cm³/mol. The summed E-state index contributed by atoms with van der Waals surface area (Å²) < 4.78 is 8.30. The van der Waals surface area contributed by atoms with E-state index in [2.05, 4.69) is 401 Å². The van der Waals surface area contributed by atoms with Gasteiger partial charge in [-0.1, -0.05) is 334 Å². The Bertz CT molecular complexity index is 6110. The van der Waals surface area contributed by atoms with Crippen LogP contribution < -0.4 is 10.6 Å². The van der Waals surface area contributed by atoms with Gasteiger partial charge in [-0.2, -0.15) is 20.4 Å². The average molecular weight is 1440 g/mol. The van der Waals surface area contributed by atoms with Crippen LogP contribution >= 0.6 is 0 Å². The van der Waals surface area contributed by atoms with Crippen molar-refractivity contribution in [2.75, 3.05) is 10.6 Å². The van der Waals surface area contributed by atoms with Crippen molar-refractivity contribution in [3.05, 3.63) is 437 Å². The van der Waals surface area contributed by atoms with Crippen molar-refractivity contribution in [3.63, 3.8) is 0 Å². The molecule has 10 heteroatoms. The van der Waals surface area contributed by atoms with Gasteiger partial charge in [-0.15, -0.1) is 0 Å². The third-order valence-electron chi connectivity index (χ3n) is 20.2. The largest absolute Gasteiger partial charge is 0.399 e. The lowest BCUT2D eigenvalue weighted by molar-refractivity contribution is 0.890. The molecule has 0 fully saturated rings. The molecule has 0 saturated heterocycles. The first-order valence-electron chi connectivity index (χ1n) is 37.6. The molecule has 0 radical (unpaired) electrons. The molecule has 0 saturated carbocycles. The summed E-state index contributed by atoms with van der Waals surface area (Å²) >= 11 is 0. The topological polar surface area (TPSA) is 101 Å². The summed E-state index contributed by atoms with van der Waals surface area (Å²) in [5.74, 6) is 0. The summed E-state index contributed by atoms with van der Waals surface area (Å²) in [5.41, 5.74) is 36.4. The molecule has 19 rings (SSSR count). The van der Waals surface area contributed by atoms with Crippen LogP contribution in [0.1, 0.15) is 0 Å². The highest BCUT2D eigenvalue weighted by Gasteiger charge is 2.28. The molecule has 0 bridgehead atoms. The highest BCUT2D eigenvalue weighted by atomic mass is 15.3. The molecule has 10 nitrogen and oxygen atoms in total. The Balaban J connectivity index is 0.000000243. The minimum Gasteiger partial charge on any atom is -0.399 e. The van der Waals surface area contributed by atoms with Crippen molar-refractivity contribution in [2.24, 2.45) is 0 Å². The van der Waals surface area contributed by atoms with Gasteiger partial charge in [0.15, 0.2) is 0 Å². The number of anilines is 4. The van der Waals surface area contributed by atoms with Crippen molar-refractivity contribution in [1.29, 1.82) is 0 Å². The average Bonchev–Trinajstić information content (AvgIpc) is 1.60. The van der Waals surface area contributed by atoms with Gasteiger partial charge >= 0.3 is 0 Å². The zero-order chi connectivity index (χ0) is 74.9. The van der Waals surface area contributed by atoms with Crippen molar-refractivity contribution < 1.29 is 0 Å². The number of aromatic nitrogens is 8. The van der Waals surface area contributed by atoms with Crippen molar-refractivity contribution in [3.8, 4) is 146 Å². The number of hydrogen-bond acceptors (Lipinski definition) is 6. The van der Waals surface area contributed by atoms with Gasteiger partial charge in [0.1, 0.15) is 17.1 Å². The lowest BCUT2D eigenvalue weighted by atomic mass is 9.96. The third kappa shape index (κ3) is 13.9. The molecule has 4 heterocycles. The fourth-order valence-electron chi connectivity index (χ4n) is 14.9. The molecular formula is C102H74N10. The van der Waals surface area contributed by atoms with Crippen molar-refractivity contribution >= 4 is 22.7 Å². The van der Waals surface area contributed by atoms with E-state index >= 15 is 0 Å². The molecule has 0 unspecified atom stereocenters. The maximum absolute atomic E-state index is 5.94. The quantitative estimate of drug-likeness (QED) is 0.0859. The third-order valence-corrected chi connectivity index (χ3v) is 20.2. The molecule has 0 aliphatic rings. The van der Waals surface area contributed by atoms with E-state index < -0.39 is 0 Å². The lowest BCUT2D eigenvalue weighted by Crippen LogP contribution is -2.11. The zero-order valence-electron chi connectivity index (χ0n) is 61.2. The fraction of sp³-hybridized carbons (Fsp3) is 0.